The minimum absolute atomic E-state index is 0.0797. The molecular weight excluding hydrogens is 360 g/mol. The lowest BCUT2D eigenvalue weighted by Gasteiger charge is -2.14. The zero-order valence-electron chi connectivity index (χ0n) is 15.6. The second kappa shape index (κ2) is 9.63. The molecule has 1 saturated carbocycles. The molecule has 0 unspecified atom stereocenters. The van der Waals surface area contributed by atoms with Crippen LogP contribution >= 0.6 is 0 Å². The van der Waals surface area contributed by atoms with Crippen LogP contribution < -0.4 is 16.0 Å². The maximum atomic E-state index is 12.1. The van der Waals surface area contributed by atoms with Crippen LogP contribution in [0.4, 0.5) is 5.82 Å². The third-order valence-electron chi connectivity index (χ3n) is 4.67. The van der Waals surface area contributed by atoms with Crippen LogP contribution in [0.5, 0.6) is 0 Å². The maximum absolute atomic E-state index is 12.1. The number of hydrogen-bond donors (Lipinski definition) is 3. The highest BCUT2D eigenvalue weighted by atomic mass is 16.2. The monoisotopic (exact) mass is 384 g/mol. The van der Waals surface area contributed by atoms with E-state index in [4.69, 9.17) is 0 Å². The van der Waals surface area contributed by atoms with Crippen molar-refractivity contribution in [2.75, 3.05) is 11.9 Å². The number of carbonyl (C=O) groups is 3. The topological polar surface area (TPSA) is 118 Å². The first-order valence-electron chi connectivity index (χ1n) is 9.42. The van der Waals surface area contributed by atoms with Crippen LogP contribution in [0.3, 0.4) is 0 Å². The summed E-state index contributed by atoms with van der Waals surface area (Å²) < 4.78 is 1.77. The van der Waals surface area contributed by atoms with Crippen molar-refractivity contribution in [3.63, 3.8) is 0 Å². The van der Waals surface area contributed by atoms with E-state index in [2.05, 4.69) is 26.0 Å². The van der Waals surface area contributed by atoms with Gasteiger partial charge >= 0.3 is 11.8 Å². The summed E-state index contributed by atoms with van der Waals surface area (Å²) in [6, 6.07) is 5.55. The van der Waals surface area contributed by atoms with Gasteiger partial charge in [-0.3, -0.25) is 19.4 Å². The molecule has 2 heterocycles. The summed E-state index contributed by atoms with van der Waals surface area (Å²) in [6.07, 6.45) is 9.32. The van der Waals surface area contributed by atoms with Gasteiger partial charge in [-0.2, -0.15) is 5.10 Å². The van der Waals surface area contributed by atoms with Crippen LogP contribution in [-0.2, 0) is 20.9 Å². The molecule has 28 heavy (non-hydrogen) atoms. The van der Waals surface area contributed by atoms with Gasteiger partial charge in [-0.25, -0.2) is 4.68 Å². The van der Waals surface area contributed by atoms with Gasteiger partial charge in [0.1, 0.15) is 5.82 Å². The number of rotatable bonds is 7. The van der Waals surface area contributed by atoms with Gasteiger partial charge < -0.3 is 16.0 Å². The van der Waals surface area contributed by atoms with Crippen LogP contribution in [0.2, 0.25) is 0 Å². The van der Waals surface area contributed by atoms with Crippen molar-refractivity contribution in [3.05, 3.63) is 42.4 Å². The molecule has 1 fully saturated rings. The first kappa shape index (κ1) is 19.5. The second-order valence-corrected chi connectivity index (χ2v) is 6.69. The van der Waals surface area contributed by atoms with E-state index in [0.29, 0.717) is 12.4 Å². The predicted octanol–water partition coefficient (Wildman–Crippen LogP) is 1.15. The van der Waals surface area contributed by atoms with E-state index in [9.17, 15) is 14.4 Å². The van der Waals surface area contributed by atoms with Crippen LogP contribution in [0, 0.1) is 0 Å². The molecule has 0 saturated heterocycles. The molecule has 1 aliphatic carbocycles. The molecule has 0 radical (unpaired) electrons. The SMILES string of the molecule is O=C(CCNC(=O)C(=O)Nc1ccnn1C1CCCC1)NCc1ccncc1. The molecule has 0 atom stereocenters. The Hall–Kier alpha value is -3.23. The van der Waals surface area contributed by atoms with E-state index < -0.39 is 11.8 Å². The first-order valence-corrected chi connectivity index (χ1v) is 9.42. The molecule has 0 bridgehead atoms. The molecule has 0 aromatic carbocycles. The molecule has 148 valence electrons. The number of anilines is 1. The lowest BCUT2D eigenvalue weighted by atomic mass is 10.2. The van der Waals surface area contributed by atoms with Crippen molar-refractivity contribution < 1.29 is 14.4 Å². The highest BCUT2D eigenvalue weighted by molar-refractivity contribution is 6.39. The minimum atomic E-state index is -0.777. The fraction of sp³-hybridized carbons (Fsp3) is 0.421. The van der Waals surface area contributed by atoms with E-state index in [0.717, 1.165) is 31.2 Å². The van der Waals surface area contributed by atoms with E-state index in [-0.39, 0.29) is 24.9 Å². The Kier molecular flexibility index (Phi) is 6.72. The number of carbonyl (C=O) groups excluding carboxylic acids is 3. The fourth-order valence-electron chi connectivity index (χ4n) is 3.19. The van der Waals surface area contributed by atoms with Crippen molar-refractivity contribution in [1.29, 1.82) is 0 Å². The normalized spacial score (nSPS) is 13.9. The van der Waals surface area contributed by atoms with E-state index >= 15 is 0 Å². The Morgan fingerprint density at radius 1 is 1.00 bits per heavy atom. The fourth-order valence-corrected chi connectivity index (χ4v) is 3.19. The Morgan fingerprint density at radius 3 is 2.50 bits per heavy atom. The second-order valence-electron chi connectivity index (χ2n) is 6.69. The number of nitrogens with one attached hydrogen (secondary N) is 3. The Morgan fingerprint density at radius 2 is 1.75 bits per heavy atom. The lowest BCUT2D eigenvalue weighted by Crippen LogP contribution is -2.38. The summed E-state index contributed by atoms with van der Waals surface area (Å²) in [6.45, 7) is 0.470. The van der Waals surface area contributed by atoms with Crippen molar-refractivity contribution in [2.24, 2.45) is 0 Å². The van der Waals surface area contributed by atoms with Gasteiger partial charge in [0.25, 0.3) is 0 Å². The molecule has 3 rings (SSSR count). The Balaban J connectivity index is 1.38. The van der Waals surface area contributed by atoms with Gasteiger partial charge in [-0.15, -0.1) is 0 Å². The number of pyridine rings is 1. The summed E-state index contributed by atoms with van der Waals surface area (Å²) in [5.41, 5.74) is 0.936. The lowest BCUT2D eigenvalue weighted by molar-refractivity contribution is -0.136. The van der Waals surface area contributed by atoms with E-state index in [1.165, 1.54) is 0 Å². The van der Waals surface area contributed by atoms with Crippen LogP contribution in [0.1, 0.15) is 43.7 Å². The molecule has 3 N–H and O–H groups in total. The van der Waals surface area contributed by atoms with Crippen molar-refractivity contribution in [3.8, 4) is 0 Å². The summed E-state index contributed by atoms with van der Waals surface area (Å²) in [7, 11) is 0. The third-order valence-corrected chi connectivity index (χ3v) is 4.67. The molecule has 9 heteroatoms. The summed E-state index contributed by atoms with van der Waals surface area (Å²) in [5.74, 6) is -1.24. The van der Waals surface area contributed by atoms with Crippen LogP contribution in [0.15, 0.2) is 36.8 Å². The van der Waals surface area contributed by atoms with E-state index in [1.54, 1.807) is 29.3 Å². The highest BCUT2D eigenvalue weighted by Gasteiger charge is 2.22. The molecule has 0 spiro atoms. The standard InChI is InChI=1S/C19H24N6O3/c26-17(22-13-14-5-9-20-10-6-14)8-11-21-18(27)19(28)24-16-7-12-23-25(16)15-3-1-2-4-15/h5-7,9-10,12,15H,1-4,8,11,13H2,(H,21,27)(H,22,26)(H,24,28). The number of amides is 3. The zero-order chi connectivity index (χ0) is 19.8. The average Bonchev–Trinajstić information content (AvgIpc) is 3.38. The predicted molar refractivity (Wildman–Crippen MR) is 102 cm³/mol. The molecule has 3 amide bonds. The van der Waals surface area contributed by atoms with Crippen molar-refractivity contribution in [2.45, 2.75) is 44.7 Å². The molecule has 9 nitrogen and oxygen atoms in total. The zero-order valence-corrected chi connectivity index (χ0v) is 15.6. The van der Waals surface area contributed by atoms with Gasteiger partial charge in [0.05, 0.1) is 12.2 Å². The van der Waals surface area contributed by atoms with Gasteiger partial charge in [0, 0.05) is 38.0 Å². The molecule has 2 aromatic rings. The summed E-state index contributed by atoms with van der Waals surface area (Å²) >= 11 is 0. The minimum Gasteiger partial charge on any atom is -0.352 e. The van der Waals surface area contributed by atoms with Crippen LogP contribution in [0.25, 0.3) is 0 Å². The van der Waals surface area contributed by atoms with E-state index in [1.807, 2.05) is 12.1 Å². The smallest absolute Gasteiger partial charge is 0.314 e. The van der Waals surface area contributed by atoms with Crippen LogP contribution in [-0.4, -0.2) is 39.0 Å². The summed E-state index contributed by atoms with van der Waals surface area (Å²) in [4.78, 5) is 39.8. The number of aromatic nitrogens is 3. The van der Waals surface area contributed by atoms with Gasteiger partial charge in [-0.1, -0.05) is 12.8 Å². The summed E-state index contributed by atoms with van der Waals surface area (Å²) in [5, 5.41) is 12.1. The Bertz CT molecular complexity index is 814. The molecule has 0 aliphatic heterocycles. The highest BCUT2D eigenvalue weighted by Crippen LogP contribution is 2.31. The van der Waals surface area contributed by atoms with Gasteiger partial charge in [0.2, 0.25) is 5.91 Å². The third kappa shape index (κ3) is 5.38. The molecule has 2 aromatic heterocycles. The number of hydrogen-bond acceptors (Lipinski definition) is 5. The molecular formula is C19H24N6O3. The maximum Gasteiger partial charge on any atom is 0.314 e. The molecule has 1 aliphatic rings. The number of nitrogens with zero attached hydrogens (tertiary/aromatic N) is 3. The van der Waals surface area contributed by atoms with Crippen molar-refractivity contribution >= 4 is 23.5 Å². The van der Waals surface area contributed by atoms with Gasteiger partial charge in [0.15, 0.2) is 0 Å². The quantitative estimate of drug-likeness (QED) is 0.619. The first-order chi connectivity index (χ1) is 13.6. The van der Waals surface area contributed by atoms with Crippen molar-refractivity contribution in [1.82, 2.24) is 25.4 Å². The average molecular weight is 384 g/mol. The Labute approximate surface area is 162 Å². The largest absolute Gasteiger partial charge is 0.352 e. The van der Waals surface area contributed by atoms with Gasteiger partial charge in [-0.05, 0) is 30.5 Å².